The molecule has 0 aliphatic heterocycles. The van der Waals surface area contributed by atoms with E-state index in [0.29, 0.717) is 4.88 Å². The summed E-state index contributed by atoms with van der Waals surface area (Å²) in [6.07, 6.45) is 1.18. The van der Waals surface area contributed by atoms with Crippen LogP contribution in [0.5, 0.6) is 0 Å². The molecule has 2 aromatic rings. The van der Waals surface area contributed by atoms with Gasteiger partial charge in [0.25, 0.3) is 0 Å². The summed E-state index contributed by atoms with van der Waals surface area (Å²) in [7, 11) is 0. The second-order valence-electron chi connectivity index (χ2n) is 3.61. The Labute approximate surface area is 118 Å². The molecule has 19 heavy (non-hydrogen) atoms. The van der Waals surface area contributed by atoms with E-state index in [1.807, 2.05) is 0 Å². The molecule has 0 saturated heterocycles. The molecule has 1 aromatic heterocycles. The van der Waals surface area contributed by atoms with Crippen LogP contribution in [-0.2, 0) is 0 Å². The molecule has 0 fully saturated rings. The summed E-state index contributed by atoms with van der Waals surface area (Å²) in [6, 6.07) is 9.30. The summed E-state index contributed by atoms with van der Waals surface area (Å²) < 4.78 is 13.6. The number of nitrogens with zero attached hydrogens (tertiary/aromatic N) is 1. The van der Waals surface area contributed by atoms with Crippen LogP contribution in [0.3, 0.4) is 0 Å². The van der Waals surface area contributed by atoms with Crippen LogP contribution in [0.2, 0.25) is 5.02 Å². The third-order valence-corrected chi connectivity index (χ3v) is 3.60. The average Bonchev–Trinajstić information content (AvgIpc) is 2.92. The first-order valence-electron chi connectivity index (χ1n) is 5.27. The molecule has 0 atom stereocenters. The normalized spacial score (nSPS) is 11.1. The maximum absolute atomic E-state index is 13.6. The van der Waals surface area contributed by atoms with Gasteiger partial charge in [-0.05, 0) is 29.7 Å². The topological polar surface area (TPSA) is 40.9 Å². The summed E-state index contributed by atoms with van der Waals surface area (Å²) >= 11 is 7.08. The number of thiophene rings is 1. The summed E-state index contributed by atoms with van der Waals surface area (Å²) in [5.41, 5.74) is -0.0972. The number of ketones is 1. The van der Waals surface area contributed by atoms with Gasteiger partial charge >= 0.3 is 0 Å². The molecule has 2 rings (SSSR count). The lowest BCUT2D eigenvalue weighted by Crippen LogP contribution is -1.99. The Hall–Kier alpha value is -1.96. The van der Waals surface area contributed by atoms with E-state index < -0.39 is 11.6 Å². The van der Waals surface area contributed by atoms with E-state index in [1.165, 1.54) is 35.6 Å². The lowest BCUT2D eigenvalue weighted by atomic mass is 10.1. The van der Waals surface area contributed by atoms with E-state index >= 15 is 0 Å². The number of benzene rings is 1. The van der Waals surface area contributed by atoms with Gasteiger partial charge in [-0.3, -0.25) is 4.79 Å². The van der Waals surface area contributed by atoms with Gasteiger partial charge < -0.3 is 0 Å². The van der Waals surface area contributed by atoms with Crippen LogP contribution >= 0.6 is 22.9 Å². The molecule has 0 N–H and O–H groups in total. The Balaban J connectivity index is 2.46. The molecule has 2 nitrogen and oxygen atoms in total. The Bertz CT molecular complexity index is 666. The van der Waals surface area contributed by atoms with Crippen LogP contribution in [0, 0.1) is 17.1 Å². The van der Waals surface area contributed by atoms with E-state index in [1.54, 1.807) is 23.6 Å². The highest BCUT2D eigenvalue weighted by Gasteiger charge is 2.15. The lowest BCUT2D eigenvalue weighted by Gasteiger charge is -2.01. The van der Waals surface area contributed by atoms with Gasteiger partial charge in [0.2, 0.25) is 5.78 Å². The zero-order valence-electron chi connectivity index (χ0n) is 9.56. The fourth-order valence-corrected chi connectivity index (χ4v) is 2.38. The van der Waals surface area contributed by atoms with Crippen LogP contribution in [0.15, 0.2) is 41.3 Å². The van der Waals surface area contributed by atoms with Gasteiger partial charge in [0.15, 0.2) is 0 Å². The van der Waals surface area contributed by atoms with E-state index in [2.05, 4.69) is 0 Å². The van der Waals surface area contributed by atoms with Crippen molar-refractivity contribution in [2.75, 3.05) is 0 Å². The van der Waals surface area contributed by atoms with E-state index in [4.69, 9.17) is 16.9 Å². The molecule has 0 bridgehead atoms. The minimum Gasteiger partial charge on any atom is -0.287 e. The lowest BCUT2D eigenvalue weighted by molar-refractivity contribution is 0.104. The zero-order valence-corrected chi connectivity index (χ0v) is 11.1. The van der Waals surface area contributed by atoms with Crippen molar-refractivity contribution in [3.05, 3.63) is 62.6 Å². The largest absolute Gasteiger partial charge is 0.287 e. The van der Waals surface area contributed by atoms with Gasteiger partial charge in [-0.1, -0.05) is 23.7 Å². The Kier molecular flexibility index (Phi) is 4.10. The number of nitriles is 1. The van der Waals surface area contributed by atoms with Crippen molar-refractivity contribution in [2.24, 2.45) is 0 Å². The van der Waals surface area contributed by atoms with Crippen LogP contribution in [0.4, 0.5) is 4.39 Å². The predicted octanol–water partition coefficient (Wildman–Crippen LogP) is 4.33. The van der Waals surface area contributed by atoms with Gasteiger partial charge in [-0.2, -0.15) is 5.26 Å². The summed E-state index contributed by atoms with van der Waals surface area (Å²) in [4.78, 5) is 12.4. The number of carbonyl (C=O) groups excluding carboxylic acids is 1. The standard InChI is InChI=1S/C14H7ClFNOS/c15-11-3-1-4-12(16)10(11)7-9(8-17)14(18)13-5-2-6-19-13/h1-7H/b9-7+. The first kappa shape index (κ1) is 13.5. The predicted molar refractivity (Wildman–Crippen MR) is 73.6 cm³/mol. The number of carbonyl (C=O) groups is 1. The Morgan fingerprint density at radius 1 is 1.37 bits per heavy atom. The summed E-state index contributed by atoms with van der Waals surface area (Å²) in [6.45, 7) is 0. The van der Waals surface area contributed by atoms with Gasteiger partial charge in [-0.15, -0.1) is 11.3 Å². The fourth-order valence-electron chi connectivity index (χ4n) is 1.48. The van der Waals surface area contributed by atoms with Crippen molar-refractivity contribution < 1.29 is 9.18 Å². The first-order chi connectivity index (χ1) is 9.13. The molecule has 0 aliphatic rings. The maximum atomic E-state index is 13.6. The van der Waals surface area contributed by atoms with E-state index in [0.717, 1.165) is 0 Å². The van der Waals surface area contributed by atoms with E-state index in [-0.39, 0.29) is 16.2 Å². The SMILES string of the molecule is N#C/C(=C\c1c(F)cccc1Cl)C(=O)c1cccs1. The summed E-state index contributed by atoms with van der Waals surface area (Å²) in [5.74, 6) is -1.00. The number of hydrogen-bond acceptors (Lipinski definition) is 3. The monoisotopic (exact) mass is 291 g/mol. The van der Waals surface area contributed by atoms with Gasteiger partial charge in [-0.25, -0.2) is 4.39 Å². The molecular weight excluding hydrogens is 285 g/mol. The van der Waals surface area contributed by atoms with Gasteiger partial charge in [0.1, 0.15) is 17.5 Å². The minimum atomic E-state index is -0.570. The molecule has 0 radical (unpaired) electrons. The third-order valence-electron chi connectivity index (χ3n) is 2.40. The minimum absolute atomic E-state index is 0.0469. The number of rotatable bonds is 3. The highest BCUT2D eigenvalue weighted by atomic mass is 35.5. The molecule has 0 unspecified atom stereocenters. The van der Waals surface area contributed by atoms with Crippen molar-refractivity contribution >= 4 is 34.8 Å². The zero-order chi connectivity index (χ0) is 13.8. The number of Topliss-reactive ketones (excluding diaryl/α,β-unsaturated/α-hetero) is 1. The van der Waals surface area contributed by atoms with E-state index in [9.17, 15) is 9.18 Å². The van der Waals surface area contributed by atoms with Crippen LogP contribution in [0.1, 0.15) is 15.2 Å². The van der Waals surface area contributed by atoms with Crippen molar-refractivity contribution in [3.63, 3.8) is 0 Å². The maximum Gasteiger partial charge on any atom is 0.213 e. The Morgan fingerprint density at radius 3 is 2.74 bits per heavy atom. The highest BCUT2D eigenvalue weighted by molar-refractivity contribution is 7.12. The molecule has 0 amide bonds. The second-order valence-corrected chi connectivity index (χ2v) is 4.97. The van der Waals surface area contributed by atoms with Gasteiger partial charge in [0, 0.05) is 5.56 Å². The van der Waals surface area contributed by atoms with Crippen molar-refractivity contribution in [1.29, 1.82) is 5.26 Å². The molecule has 0 aliphatic carbocycles. The number of halogens is 2. The van der Waals surface area contributed by atoms with Crippen LogP contribution < -0.4 is 0 Å². The molecule has 1 heterocycles. The molecule has 0 spiro atoms. The van der Waals surface area contributed by atoms with Crippen LogP contribution in [0.25, 0.3) is 6.08 Å². The van der Waals surface area contributed by atoms with Crippen molar-refractivity contribution in [2.45, 2.75) is 0 Å². The van der Waals surface area contributed by atoms with Crippen LogP contribution in [-0.4, -0.2) is 5.78 Å². The van der Waals surface area contributed by atoms with Gasteiger partial charge in [0.05, 0.1) is 9.90 Å². The Morgan fingerprint density at radius 2 is 2.16 bits per heavy atom. The summed E-state index contributed by atoms with van der Waals surface area (Å²) in [5, 5.41) is 10.9. The number of allylic oxidation sites excluding steroid dienone is 1. The number of hydrogen-bond donors (Lipinski definition) is 0. The smallest absolute Gasteiger partial charge is 0.213 e. The molecule has 5 heteroatoms. The first-order valence-corrected chi connectivity index (χ1v) is 6.53. The second kappa shape index (κ2) is 5.79. The van der Waals surface area contributed by atoms with Crippen molar-refractivity contribution in [1.82, 2.24) is 0 Å². The molecule has 1 aromatic carbocycles. The molecule has 94 valence electrons. The third kappa shape index (κ3) is 2.90. The average molecular weight is 292 g/mol. The quantitative estimate of drug-likeness (QED) is 0.480. The fraction of sp³-hybridized carbons (Fsp3) is 0. The van der Waals surface area contributed by atoms with Crippen molar-refractivity contribution in [3.8, 4) is 6.07 Å². The molecule has 0 saturated carbocycles. The highest BCUT2D eigenvalue weighted by Crippen LogP contribution is 2.23. The molecular formula is C14H7ClFNOS.